The number of hydrogen-bond donors (Lipinski definition) is 3. The number of hydrogen-bond acceptors (Lipinski definition) is 7. The van der Waals surface area contributed by atoms with Gasteiger partial charge in [-0.05, 0) is 47.0 Å². The number of pyridine rings is 2. The van der Waals surface area contributed by atoms with E-state index in [0.717, 1.165) is 5.39 Å². The zero-order valence-corrected chi connectivity index (χ0v) is 15.8. The van der Waals surface area contributed by atoms with Crippen LogP contribution in [0.5, 0.6) is 0 Å². The van der Waals surface area contributed by atoms with Crippen molar-refractivity contribution < 1.29 is 5.11 Å². The van der Waals surface area contributed by atoms with Crippen molar-refractivity contribution in [3.8, 4) is 0 Å². The Labute approximate surface area is 157 Å². The molecular weight excluding hydrogens is 435 g/mol. The third-order valence-corrected chi connectivity index (χ3v) is 4.74. The number of fused-ring (bicyclic) bond motifs is 1. The Balaban J connectivity index is 2.11. The number of nitrogens with zero attached hydrogens (tertiary/aromatic N) is 4. The smallest absolute Gasteiger partial charge is 0.261 e. The molecule has 0 saturated carbocycles. The van der Waals surface area contributed by atoms with Crippen molar-refractivity contribution in [2.75, 3.05) is 10.6 Å². The molecule has 0 aromatic carbocycles. The second-order valence-corrected chi connectivity index (χ2v) is 6.85. The molecule has 0 spiro atoms. The number of aromatic nitrogens is 4. The summed E-state index contributed by atoms with van der Waals surface area (Å²) in [7, 11) is 1.69. The normalized spacial score (nSPS) is 13.4. The molecule has 25 heavy (non-hydrogen) atoms. The number of aryl methyl sites for hydroxylation is 1. The second-order valence-electron chi connectivity index (χ2n) is 5.57. The van der Waals surface area contributed by atoms with Gasteiger partial charge in [-0.3, -0.25) is 9.78 Å². The van der Waals surface area contributed by atoms with Crippen LogP contribution in [-0.4, -0.2) is 34.8 Å². The molecule has 0 amide bonds. The highest BCUT2D eigenvalue weighted by molar-refractivity contribution is 14.1. The highest BCUT2D eigenvalue weighted by Gasteiger charge is 2.16. The van der Waals surface area contributed by atoms with E-state index in [4.69, 9.17) is 0 Å². The number of halogens is 1. The first-order chi connectivity index (χ1) is 12.0. The fourth-order valence-corrected chi connectivity index (χ4v) is 2.48. The molecular formula is C16H17IN6O2. The summed E-state index contributed by atoms with van der Waals surface area (Å²) in [5.74, 6) is 1.48. The van der Waals surface area contributed by atoms with Gasteiger partial charge in [-0.15, -0.1) is 0 Å². The minimum atomic E-state index is -0.626. The van der Waals surface area contributed by atoms with Gasteiger partial charge in [0.1, 0.15) is 21.6 Å². The summed E-state index contributed by atoms with van der Waals surface area (Å²) < 4.78 is 0.870. The first kappa shape index (κ1) is 17.5. The first-order valence-corrected chi connectivity index (χ1v) is 8.82. The topological polar surface area (TPSA) is 105 Å². The van der Waals surface area contributed by atoms with Gasteiger partial charge in [-0.1, -0.05) is 0 Å². The number of anilines is 3. The SMILES string of the molecule is C[C@H](Nc1nc(Nc2cnccn2)cc2ccn(C)c(=O)c12)C(O)I. The van der Waals surface area contributed by atoms with Crippen molar-refractivity contribution in [1.82, 2.24) is 19.5 Å². The van der Waals surface area contributed by atoms with Crippen LogP contribution in [0.25, 0.3) is 10.8 Å². The number of aliphatic hydroxyl groups excluding tert-OH is 1. The van der Waals surface area contributed by atoms with Crippen LogP contribution >= 0.6 is 22.6 Å². The van der Waals surface area contributed by atoms with E-state index in [1.54, 1.807) is 37.9 Å². The fraction of sp³-hybridized carbons (Fsp3) is 0.250. The van der Waals surface area contributed by atoms with Gasteiger partial charge in [-0.2, -0.15) is 0 Å². The highest BCUT2D eigenvalue weighted by atomic mass is 127. The third kappa shape index (κ3) is 3.87. The molecule has 3 aromatic rings. The summed E-state index contributed by atoms with van der Waals surface area (Å²) in [6, 6.07) is 3.34. The minimum absolute atomic E-state index is 0.159. The predicted molar refractivity (Wildman–Crippen MR) is 105 cm³/mol. The molecule has 130 valence electrons. The molecule has 8 nitrogen and oxygen atoms in total. The number of aliphatic hydroxyl groups is 1. The summed E-state index contributed by atoms with van der Waals surface area (Å²) in [6.45, 7) is 1.82. The van der Waals surface area contributed by atoms with E-state index in [0.29, 0.717) is 22.8 Å². The highest BCUT2D eigenvalue weighted by Crippen LogP contribution is 2.24. The molecule has 3 aromatic heterocycles. The molecule has 0 aliphatic carbocycles. The lowest BCUT2D eigenvalue weighted by Crippen LogP contribution is -2.27. The fourth-order valence-electron chi connectivity index (χ4n) is 2.30. The van der Waals surface area contributed by atoms with Gasteiger partial charge in [0, 0.05) is 25.6 Å². The van der Waals surface area contributed by atoms with Crippen LogP contribution in [0.15, 0.2) is 41.7 Å². The summed E-state index contributed by atoms with van der Waals surface area (Å²) in [5.41, 5.74) is -0.159. The maximum atomic E-state index is 12.5. The van der Waals surface area contributed by atoms with E-state index in [1.807, 2.05) is 35.6 Å². The maximum absolute atomic E-state index is 12.5. The van der Waals surface area contributed by atoms with Crippen LogP contribution < -0.4 is 16.2 Å². The molecule has 0 aliphatic rings. The van der Waals surface area contributed by atoms with Crippen LogP contribution in [-0.2, 0) is 7.05 Å². The van der Waals surface area contributed by atoms with E-state index in [1.165, 1.54) is 4.57 Å². The molecule has 0 bridgehead atoms. The Morgan fingerprint density at radius 2 is 2.12 bits per heavy atom. The van der Waals surface area contributed by atoms with Crippen molar-refractivity contribution in [2.45, 2.75) is 17.1 Å². The standard InChI is InChI=1S/C16H17IN6O2/c1-9(14(17)24)20-15-13-10(3-6-23(2)16(13)25)7-11(22-15)21-12-8-18-4-5-19-12/h3-9,14,24H,1-2H3,(H2,19,20,21,22)/t9-,14?/m0/s1. The first-order valence-electron chi connectivity index (χ1n) is 7.58. The predicted octanol–water partition coefficient (Wildman–Crippen LogP) is 2.02. The monoisotopic (exact) mass is 452 g/mol. The van der Waals surface area contributed by atoms with Crippen LogP contribution in [0.1, 0.15) is 6.92 Å². The van der Waals surface area contributed by atoms with Crippen LogP contribution in [0.3, 0.4) is 0 Å². The van der Waals surface area contributed by atoms with Gasteiger partial charge < -0.3 is 20.3 Å². The summed E-state index contributed by atoms with van der Waals surface area (Å²) >= 11 is 1.91. The number of nitrogens with one attached hydrogen (secondary N) is 2. The van der Waals surface area contributed by atoms with Crippen molar-refractivity contribution in [3.63, 3.8) is 0 Å². The van der Waals surface area contributed by atoms with Crippen molar-refractivity contribution >= 4 is 50.8 Å². The van der Waals surface area contributed by atoms with Gasteiger partial charge >= 0.3 is 0 Å². The zero-order valence-electron chi connectivity index (χ0n) is 13.6. The van der Waals surface area contributed by atoms with Crippen LogP contribution in [0.4, 0.5) is 17.5 Å². The van der Waals surface area contributed by atoms with Gasteiger partial charge in [-0.25, -0.2) is 9.97 Å². The quantitative estimate of drug-likeness (QED) is 0.402. The lowest BCUT2D eigenvalue weighted by Gasteiger charge is -2.18. The molecule has 2 atom stereocenters. The summed E-state index contributed by atoms with van der Waals surface area (Å²) in [5, 5.41) is 17.2. The number of rotatable bonds is 5. The lowest BCUT2D eigenvalue weighted by molar-refractivity contribution is 0.261. The second kappa shape index (κ2) is 7.31. The van der Waals surface area contributed by atoms with Crippen molar-refractivity contribution in [3.05, 3.63) is 47.3 Å². The van der Waals surface area contributed by atoms with Crippen LogP contribution in [0.2, 0.25) is 0 Å². The molecule has 1 unspecified atom stereocenters. The van der Waals surface area contributed by atoms with Gasteiger partial charge in [0.25, 0.3) is 5.56 Å². The maximum Gasteiger partial charge on any atom is 0.261 e. The average molecular weight is 452 g/mol. The lowest BCUT2D eigenvalue weighted by atomic mass is 10.2. The molecule has 0 radical (unpaired) electrons. The average Bonchev–Trinajstić information content (AvgIpc) is 2.59. The molecule has 0 aliphatic heterocycles. The third-order valence-electron chi connectivity index (χ3n) is 3.66. The van der Waals surface area contributed by atoms with E-state index >= 15 is 0 Å². The van der Waals surface area contributed by atoms with Gasteiger partial charge in [0.15, 0.2) is 0 Å². The number of alkyl halides is 1. The summed E-state index contributed by atoms with van der Waals surface area (Å²) in [6.07, 6.45) is 6.45. The van der Waals surface area contributed by atoms with Crippen molar-refractivity contribution in [2.24, 2.45) is 7.05 Å². The summed E-state index contributed by atoms with van der Waals surface area (Å²) in [4.78, 5) is 25.2. The zero-order chi connectivity index (χ0) is 18.0. The molecule has 0 fully saturated rings. The molecule has 3 heterocycles. The minimum Gasteiger partial charge on any atom is -0.381 e. The molecule has 0 saturated heterocycles. The largest absolute Gasteiger partial charge is 0.381 e. The van der Waals surface area contributed by atoms with E-state index in [-0.39, 0.29) is 11.6 Å². The Hall–Kier alpha value is -2.27. The van der Waals surface area contributed by atoms with E-state index in [9.17, 15) is 9.90 Å². The van der Waals surface area contributed by atoms with Gasteiger partial charge in [0.05, 0.1) is 17.6 Å². The van der Waals surface area contributed by atoms with E-state index in [2.05, 4.69) is 25.6 Å². The van der Waals surface area contributed by atoms with Gasteiger partial charge in [0.2, 0.25) is 0 Å². The Morgan fingerprint density at radius 1 is 1.32 bits per heavy atom. The Morgan fingerprint density at radius 3 is 2.80 bits per heavy atom. The Kier molecular flexibility index (Phi) is 5.13. The van der Waals surface area contributed by atoms with E-state index < -0.39 is 4.11 Å². The molecule has 3 rings (SSSR count). The Bertz CT molecular complexity index is 945. The van der Waals surface area contributed by atoms with Crippen LogP contribution in [0, 0.1) is 0 Å². The molecule has 9 heteroatoms. The molecule has 3 N–H and O–H groups in total. The van der Waals surface area contributed by atoms with Crippen molar-refractivity contribution in [1.29, 1.82) is 0 Å².